The standard InChI is InChI=1S/C40H49F4N11O3/c41-27-17-28(45)22-53(21-27)34-12-15-54-37(49-34)32(19-47-54)39(58)48-33-23-55(51-36(33)40(42,43)44)30-6-4-25(5-7-30)20-52-13-10-24(11-14-52)18-46-29-3-1-2-26(16-29)31-8-9-35(56)50-38(31)57/h1-3,12,15-16,19,23-25,27-28,30-31,46H,4-11,13-14,17-18,20-22,45H2,(H,48,58)(H,50,56,57)/t25?,27-,28-,30?,31?/m1/s1. The Bertz CT molecular complexity index is 2110. The molecule has 14 nitrogen and oxygen atoms in total. The van der Waals surface area contributed by atoms with Gasteiger partial charge in [-0.1, -0.05) is 12.1 Å². The molecule has 5 N–H and O–H groups in total. The number of hydrogen-bond acceptors (Lipinski definition) is 10. The van der Waals surface area contributed by atoms with E-state index in [0.717, 1.165) is 63.1 Å². The molecule has 3 atom stereocenters. The van der Waals surface area contributed by atoms with Crippen molar-refractivity contribution in [2.45, 2.75) is 88.1 Å². The third-order valence-corrected chi connectivity index (χ3v) is 12.1. The van der Waals surface area contributed by atoms with Crippen LogP contribution < -0.4 is 26.6 Å². The zero-order valence-electron chi connectivity index (χ0n) is 32.1. The van der Waals surface area contributed by atoms with Crippen LogP contribution in [-0.2, 0) is 15.8 Å². The Kier molecular flexibility index (Phi) is 11.4. The number of carbonyl (C=O) groups is 3. The highest BCUT2D eigenvalue weighted by Gasteiger charge is 2.39. The smallest absolute Gasteiger partial charge is 0.385 e. The third-order valence-electron chi connectivity index (χ3n) is 12.1. The number of benzene rings is 1. The predicted molar refractivity (Wildman–Crippen MR) is 208 cm³/mol. The summed E-state index contributed by atoms with van der Waals surface area (Å²) in [5.74, 6) is -0.258. The lowest BCUT2D eigenvalue weighted by molar-refractivity contribution is -0.141. The molecular weight excluding hydrogens is 759 g/mol. The zero-order chi connectivity index (χ0) is 40.6. The van der Waals surface area contributed by atoms with Crippen LogP contribution >= 0.6 is 0 Å². The van der Waals surface area contributed by atoms with Crippen molar-refractivity contribution >= 4 is 40.6 Å². The topological polar surface area (TPSA) is 168 Å². The average Bonchev–Trinajstić information content (AvgIpc) is 3.82. The van der Waals surface area contributed by atoms with Gasteiger partial charge < -0.3 is 26.2 Å². The van der Waals surface area contributed by atoms with Crippen LogP contribution in [0.15, 0.2) is 48.9 Å². The lowest BCUT2D eigenvalue weighted by atomic mass is 9.85. The number of anilines is 3. The quantitative estimate of drug-likeness (QED) is 0.124. The van der Waals surface area contributed by atoms with Gasteiger partial charge in [0.05, 0.1) is 30.4 Å². The number of imide groups is 1. The second-order valence-corrected chi connectivity index (χ2v) is 16.4. The summed E-state index contributed by atoms with van der Waals surface area (Å²) >= 11 is 0. The van der Waals surface area contributed by atoms with Crippen molar-refractivity contribution in [2.24, 2.45) is 17.6 Å². The van der Waals surface area contributed by atoms with Gasteiger partial charge in [0.25, 0.3) is 5.91 Å². The lowest BCUT2D eigenvalue weighted by Gasteiger charge is -2.36. The summed E-state index contributed by atoms with van der Waals surface area (Å²) in [6.45, 7) is 4.21. The monoisotopic (exact) mass is 807 g/mol. The molecule has 4 fully saturated rings. The molecule has 0 bridgehead atoms. The van der Waals surface area contributed by atoms with Crippen LogP contribution in [0.1, 0.15) is 91.4 Å². The van der Waals surface area contributed by atoms with Gasteiger partial charge in [-0.05, 0) is 100 Å². The highest BCUT2D eigenvalue weighted by atomic mass is 19.4. The van der Waals surface area contributed by atoms with E-state index in [1.165, 1.54) is 21.6 Å². The van der Waals surface area contributed by atoms with Gasteiger partial charge in [0.1, 0.15) is 17.6 Å². The summed E-state index contributed by atoms with van der Waals surface area (Å²) in [6.07, 6.45) is 4.43. The Hall–Kier alpha value is -5.10. The summed E-state index contributed by atoms with van der Waals surface area (Å²) < 4.78 is 59.7. The van der Waals surface area contributed by atoms with E-state index in [0.29, 0.717) is 49.9 Å². The SMILES string of the molecule is N[C@@H]1C[C@@H](F)CN(c2ccn3ncc(C(=O)Nc4cn(C5CCC(CN6CCC(CNc7cccc(C8CCC(=O)NC8=O)c7)CC6)CC5)nc4C(F)(F)F)c3n2)C1. The molecular formula is C40H49F4N11O3. The first-order valence-corrected chi connectivity index (χ1v) is 20.2. The maximum atomic E-state index is 14.3. The van der Waals surface area contributed by atoms with Gasteiger partial charge >= 0.3 is 6.18 Å². The highest BCUT2D eigenvalue weighted by molar-refractivity contribution is 6.08. The molecule has 3 amide bonds. The first-order chi connectivity index (χ1) is 27.9. The number of rotatable bonds is 10. The number of likely N-dealkylation sites (tertiary alicyclic amines) is 1. The predicted octanol–water partition coefficient (Wildman–Crippen LogP) is 5.15. The fourth-order valence-electron chi connectivity index (χ4n) is 9.00. The van der Waals surface area contributed by atoms with E-state index in [4.69, 9.17) is 5.73 Å². The molecule has 3 aliphatic heterocycles. The molecule has 4 aromatic rings. The second-order valence-electron chi connectivity index (χ2n) is 16.4. The van der Waals surface area contributed by atoms with Crippen LogP contribution in [0.25, 0.3) is 5.65 Å². The highest BCUT2D eigenvalue weighted by Crippen LogP contribution is 2.38. The van der Waals surface area contributed by atoms with Gasteiger partial charge in [-0.3, -0.25) is 24.4 Å². The van der Waals surface area contributed by atoms with E-state index in [2.05, 4.69) is 36.0 Å². The molecule has 1 saturated carbocycles. The summed E-state index contributed by atoms with van der Waals surface area (Å²) in [6, 6.07) is 8.89. The Morgan fingerprint density at radius 1 is 1.00 bits per heavy atom. The summed E-state index contributed by atoms with van der Waals surface area (Å²) in [5, 5.41) is 16.5. The first-order valence-electron chi connectivity index (χ1n) is 20.2. The van der Waals surface area contributed by atoms with E-state index >= 15 is 0 Å². The summed E-state index contributed by atoms with van der Waals surface area (Å²) in [4.78, 5) is 46.0. The number of fused-ring (bicyclic) bond motifs is 1. The van der Waals surface area contributed by atoms with Crippen molar-refractivity contribution in [1.82, 2.24) is 34.6 Å². The largest absolute Gasteiger partial charge is 0.437 e. The van der Waals surface area contributed by atoms with Crippen molar-refractivity contribution < 1.29 is 31.9 Å². The molecule has 1 aromatic carbocycles. The molecule has 3 aromatic heterocycles. The van der Waals surface area contributed by atoms with E-state index in [1.807, 2.05) is 24.3 Å². The van der Waals surface area contributed by atoms with Gasteiger partial charge in [0.15, 0.2) is 11.3 Å². The van der Waals surface area contributed by atoms with Crippen LogP contribution in [0, 0.1) is 11.8 Å². The number of piperidine rings is 3. The van der Waals surface area contributed by atoms with Crippen molar-refractivity contribution in [2.75, 3.05) is 54.8 Å². The minimum absolute atomic E-state index is 0.0292. The molecule has 1 unspecified atom stereocenters. The van der Waals surface area contributed by atoms with Gasteiger partial charge in [-0.15, -0.1) is 0 Å². The number of nitrogens with one attached hydrogen (secondary N) is 3. The van der Waals surface area contributed by atoms with Crippen LogP contribution in [0.5, 0.6) is 0 Å². The fraction of sp³-hybridized carbons (Fsp3) is 0.550. The number of halogens is 4. The van der Waals surface area contributed by atoms with Crippen LogP contribution in [0.3, 0.4) is 0 Å². The zero-order valence-corrected chi connectivity index (χ0v) is 32.1. The molecule has 0 radical (unpaired) electrons. The van der Waals surface area contributed by atoms with Crippen molar-refractivity contribution in [1.29, 1.82) is 0 Å². The van der Waals surface area contributed by atoms with Gasteiger partial charge in [0, 0.05) is 50.2 Å². The number of nitrogens with two attached hydrogens (primary N) is 1. The first kappa shape index (κ1) is 39.7. The van der Waals surface area contributed by atoms with E-state index < -0.39 is 29.6 Å². The molecule has 0 spiro atoms. The molecule has 4 aliphatic rings. The maximum absolute atomic E-state index is 14.3. The van der Waals surface area contributed by atoms with Crippen LogP contribution in [-0.4, -0.2) is 98.5 Å². The van der Waals surface area contributed by atoms with Crippen molar-refractivity contribution in [3.05, 3.63) is 65.7 Å². The molecule has 18 heteroatoms. The van der Waals surface area contributed by atoms with Gasteiger partial charge in [0.2, 0.25) is 11.8 Å². The minimum Gasteiger partial charge on any atom is -0.385 e. The number of nitrogens with zero attached hydrogens (tertiary/aromatic N) is 7. The Morgan fingerprint density at radius 3 is 2.53 bits per heavy atom. The number of hydrogen-bond donors (Lipinski definition) is 4. The molecule has 58 heavy (non-hydrogen) atoms. The molecule has 310 valence electrons. The maximum Gasteiger partial charge on any atom is 0.437 e. The van der Waals surface area contributed by atoms with Crippen molar-refractivity contribution in [3.63, 3.8) is 0 Å². The number of aromatic nitrogens is 5. The Labute approximate surface area is 332 Å². The van der Waals surface area contributed by atoms with E-state index in [9.17, 15) is 31.9 Å². The number of carbonyl (C=O) groups excluding carboxylic acids is 3. The second kappa shape index (κ2) is 16.6. The number of alkyl halides is 4. The minimum atomic E-state index is -4.80. The average molecular weight is 808 g/mol. The summed E-state index contributed by atoms with van der Waals surface area (Å²) in [5.41, 5.74) is 6.37. The van der Waals surface area contributed by atoms with Gasteiger partial charge in [-0.2, -0.15) is 23.4 Å². The summed E-state index contributed by atoms with van der Waals surface area (Å²) in [7, 11) is 0. The van der Waals surface area contributed by atoms with Crippen LogP contribution in [0.4, 0.5) is 34.8 Å². The third kappa shape index (κ3) is 8.97. The van der Waals surface area contributed by atoms with Crippen LogP contribution in [0.2, 0.25) is 0 Å². The molecule has 3 saturated heterocycles. The van der Waals surface area contributed by atoms with Crippen molar-refractivity contribution in [3.8, 4) is 0 Å². The van der Waals surface area contributed by atoms with Gasteiger partial charge in [-0.25, -0.2) is 13.9 Å². The molecule has 6 heterocycles. The normalized spacial score (nSPS) is 25.2. The Balaban J connectivity index is 0.826. The fourth-order valence-corrected chi connectivity index (χ4v) is 9.00. The molecule has 8 rings (SSSR count). The lowest BCUT2D eigenvalue weighted by Crippen LogP contribution is -2.48. The molecule has 1 aliphatic carbocycles. The number of amides is 3. The Morgan fingerprint density at radius 2 is 1.79 bits per heavy atom. The van der Waals surface area contributed by atoms with E-state index in [1.54, 1.807) is 17.2 Å². The van der Waals surface area contributed by atoms with E-state index in [-0.39, 0.29) is 54.0 Å².